The number of hydrogen-bond acceptors (Lipinski definition) is 3. The number of nitrogens with zero attached hydrogens (tertiary/aromatic N) is 3. The van der Waals surface area contributed by atoms with Crippen molar-refractivity contribution in [3.05, 3.63) is 11.4 Å². The van der Waals surface area contributed by atoms with E-state index in [4.69, 9.17) is 18.0 Å². The predicted molar refractivity (Wildman–Crippen MR) is 48.9 cm³/mol. The maximum Gasteiger partial charge on any atom is 0.142 e. The van der Waals surface area contributed by atoms with Crippen LogP contribution in [0.5, 0.6) is 0 Å². The van der Waals surface area contributed by atoms with Gasteiger partial charge < -0.3 is 5.73 Å². The minimum absolute atomic E-state index is 0.333. The zero-order valence-electron chi connectivity index (χ0n) is 6.82. The third-order valence-corrected chi connectivity index (χ3v) is 2.25. The Hall–Kier alpha value is -0.970. The largest absolute Gasteiger partial charge is 0.388 e. The summed E-state index contributed by atoms with van der Waals surface area (Å²) >= 11 is 4.83. The highest BCUT2D eigenvalue weighted by atomic mass is 32.1. The number of rotatable bonds is 2. The highest BCUT2D eigenvalue weighted by Crippen LogP contribution is 2.35. The standard InChI is InChI=1S/C7H10N4S/c1-4-6(7(8)12)9-10-11(4)5-2-3-5/h5H,2-3H2,1H3,(H2,8,12). The first kappa shape index (κ1) is 7.67. The van der Waals surface area contributed by atoms with Crippen LogP contribution < -0.4 is 5.73 Å². The SMILES string of the molecule is Cc1c(C(N)=S)nnn1C1CC1. The summed E-state index contributed by atoms with van der Waals surface area (Å²) in [4.78, 5) is 0.333. The van der Waals surface area contributed by atoms with Crippen LogP contribution in [0.3, 0.4) is 0 Å². The molecule has 0 unspecified atom stereocenters. The summed E-state index contributed by atoms with van der Waals surface area (Å²) in [5.74, 6) is 0. The second-order valence-corrected chi connectivity index (χ2v) is 3.50. The Bertz CT molecular complexity index is 326. The van der Waals surface area contributed by atoms with Gasteiger partial charge in [0.05, 0.1) is 11.7 Å². The van der Waals surface area contributed by atoms with E-state index < -0.39 is 0 Å². The highest BCUT2D eigenvalue weighted by molar-refractivity contribution is 7.80. The second kappa shape index (κ2) is 2.52. The Morgan fingerprint density at radius 2 is 2.33 bits per heavy atom. The average Bonchev–Trinajstić information content (AvgIpc) is 2.75. The van der Waals surface area contributed by atoms with Crippen molar-refractivity contribution in [2.75, 3.05) is 0 Å². The molecule has 1 aromatic heterocycles. The quantitative estimate of drug-likeness (QED) is 0.679. The molecule has 0 spiro atoms. The predicted octanol–water partition coefficient (Wildman–Crippen LogP) is 0.556. The Balaban J connectivity index is 2.39. The highest BCUT2D eigenvalue weighted by Gasteiger charge is 2.27. The van der Waals surface area contributed by atoms with Crippen LogP contribution in [0, 0.1) is 6.92 Å². The first-order valence-corrected chi connectivity index (χ1v) is 4.32. The van der Waals surface area contributed by atoms with Gasteiger partial charge in [0.15, 0.2) is 0 Å². The minimum atomic E-state index is 0.333. The molecule has 2 N–H and O–H groups in total. The van der Waals surface area contributed by atoms with Crippen LogP contribution in [0.15, 0.2) is 0 Å². The molecule has 1 saturated carbocycles. The van der Waals surface area contributed by atoms with E-state index in [1.165, 1.54) is 12.8 Å². The number of thiocarbonyl (C=S) groups is 1. The number of nitrogens with two attached hydrogens (primary N) is 1. The van der Waals surface area contributed by atoms with E-state index in [2.05, 4.69) is 10.3 Å². The Labute approximate surface area is 75.7 Å². The average molecular weight is 182 g/mol. The minimum Gasteiger partial charge on any atom is -0.388 e. The molecule has 0 radical (unpaired) electrons. The Morgan fingerprint density at radius 1 is 1.67 bits per heavy atom. The lowest BCUT2D eigenvalue weighted by Crippen LogP contribution is -2.12. The van der Waals surface area contributed by atoms with Gasteiger partial charge in [-0.05, 0) is 19.8 Å². The maximum atomic E-state index is 5.46. The summed E-state index contributed by atoms with van der Waals surface area (Å²) in [6.07, 6.45) is 2.39. The number of aromatic nitrogens is 3. The van der Waals surface area contributed by atoms with Crippen molar-refractivity contribution < 1.29 is 0 Å². The second-order valence-electron chi connectivity index (χ2n) is 3.06. The lowest BCUT2D eigenvalue weighted by atomic mass is 10.3. The fourth-order valence-electron chi connectivity index (χ4n) is 1.23. The molecule has 0 saturated heterocycles. The van der Waals surface area contributed by atoms with Gasteiger partial charge in [0.1, 0.15) is 10.7 Å². The monoisotopic (exact) mass is 182 g/mol. The third kappa shape index (κ3) is 1.10. The van der Waals surface area contributed by atoms with Crippen LogP contribution in [-0.2, 0) is 0 Å². The van der Waals surface area contributed by atoms with Gasteiger partial charge in [-0.1, -0.05) is 17.4 Å². The molecular formula is C7H10N4S. The van der Waals surface area contributed by atoms with Crippen molar-refractivity contribution in [3.63, 3.8) is 0 Å². The first-order chi connectivity index (χ1) is 5.70. The summed E-state index contributed by atoms with van der Waals surface area (Å²) < 4.78 is 1.91. The molecule has 0 atom stereocenters. The molecule has 4 nitrogen and oxygen atoms in total. The summed E-state index contributed by atoms with van der Waals surface area (Å²) in [6.45, 7) is 1.95. The lowest BCUT2D eigenvalue weighted by molar-refractivity contribution is 0.595. The third-order valence-electron chi connectivity index (χ3n) is 2.05. The van der Waals surface area contributed by atoms with Gasteiger partial charge in [0, 0.05) is 0 Å². The summed E-state index contributed by atoms with van der Waals surface area (Å²) in [7, 11) is 0. The molecular weight excluding hydrogens is 172 g/mol. The molecule has 5 heteroatoms. The zero-order valence-corrected chi connectivity index (χ0v) is 7.64. The number of hydrogen-bond donors (Lipinski definition) is 1. The molecule has 1 aromatic rings. The molecule has 1 fully saturated rings. The van der Waals surface area contributed by atoms with Crippen molar-refractivity contribution in [1.82, 2.24) is 15.0 Å². The van der Waals surface area contributed by atoms with E-state index in [9.17, 15) is 0 Å². The molecule has 0 aliphatic heterocycles. The van der Waals surface area contributed by atoms with Crippen LogP contribution in [0.4, 0.5) is 0 Å². The maximum absolute atomic E-state index is 5.46. The van der Waals surface area contributed by atoms with Crippen molar-refractivity contribution in [1.29, 1.82) is 0 Å². The van der Waals surface area contributed by atoms with Gasteiger partial charge >= 0.3 is 0 Å². The van der Waals surface area contributed by atoms with Gasteiger partial charge in [-0.3, -0.25) is 0 Å². The topological polar surface area (TPSA) is 56.7 Å². The summed E-state index contributed by atoms with van der Waals surface area (Å²) in [5.41, 5.74) is 7.12. The smallest absolute Gasteiger partial charge is 0.142 e. The lowest BCUT2D eigenvalue weighted by Gasteiger charge is -1.98. The van der Waals surface area contributed by atoms with Crippen molar-refractivity contribution >= 4 is 17.2 Å². The molecule has 1 aliphatic rings. The normalized spacial score (nSPS) is 16.4. The van der Waals surface area contributed by atoms with Crippen LogP contribution in [0.25, 0.3) is 0 Å². The fraction of sp³-hybridized carbons (Fsp3) is 0.571. The van der Waals surface area contributed by atoms with Crippen LogP contribution in [0.2, 0.25) is 0 Å². The first-order valence-electron chi connectivity index (χ1n) is 3.91. The molecule has 0 aromatic carbocycles. The van der Waals surface area contributed by atoms with Crippen LogP contribution in [-0.4, -0.2) is 20.0 Å². The van der Waals surface area contributed by atoms with Gasteiger partial charge in [-0.2, -0.15) is 0 Å². The summed E-state index contributed by atoms with van der Waals surface area (Å²) in [5, 5.41) is 7.92. The Morgan fingerprint density at radius 3 is 2.75 bits per heavy atom. The van der Waals surface area contributed by atoms with E-state index in [0.29, 0.717) is 16.7 Å². The van der Waals surface area contributed by atoms with Gasteiger partial charge in [-0.15, -0.1) is 5.10 Å². The summed E-state index contributed by atoms with van der Waals surface area (Å²) in [6, 6.07) is 0.542. The van der Waals surface area contributed by atoms with E-state index in [0.717, 1.165) is 5.69 Å². The molecule has 1 aliphatic carbocycles. The van der Waals surface area contributed by atoms with E-state index in [1.54, 1.807) is 0 Å². The molecule has 1 heterocycles. The van der Waals surface area contributed by atoms with Crippen molar-refractivity contribution in [2.24, 2.45) is 5.73 Å². The molecule has 0 amide bonds. The van der Waals surface area contributed by atoms with Gasteiger partial charge in [-0.25, -0.2) is 4.68 Å². The van der Waals surface area contributed by atoms with Crippen LogP contribution in [0.1, 0.15) is 30.3 Å². The van der Waals surface area contributed by atoms with Crippen molar-refractivity contribution in [2.45, 2.75) is 25.8 Å². The van der Waals surface area contributed by atoms with E-state index in [1.807, 2.05) is 11.6 Å². The molecule has 2 rings (SSSR count). The van der Waals surface area contributed by atoms with E-state index >= 15 is 0 Å². The molecule has 12 heavy (non-hydrogen) atoms. The zero-order chi connectivity index (χ0) is 8.72. The molecule has 0 bridgehead atoms. The fourth-order valence-corrected chi connectivity index (χ4v) is 1.42. The van der Waals surface area contributed by atoms with Gasteiger partial charge in [0.2, 0.25) is 0 Å². The Kier molecular flexibility index (Phi) is 1.61. The van der Waals surface area contributed by atoms with Crippen molar-refractivity contribution in [3.8, 4) is 0 Å². The van der Waals surface area contributed by atoms with Crippen LogP contribution >= 0.6 is 12.2 Å². The molecule has 64 valence electrons. The van der Waals surface area contributed by atoms with Gasteiger partial charge in [0.25, 0.3) is 0 Å². The van der Waals surface area contributed by atoms with E-state index in [-0.39, 0.29) is 0 Å².